The fourth-order valence-electron chi connectivity index (χ4n) is 2.69. The number of benzene rings is 2. The molecule has 28 heavy (non-hydrogen) atoms. The Labute approximate surface area is 164 Å². The lowest BCUT2D eigenvalue weighted by molar-refractivity contribution is 0.101. The number of nitrogens with one attached hydrogen (secondary N) is 3. The summed E-state index contributed by atoms with van der Waals surface area (Å²) in [4.78, 5) is 28.8. The number of amides is 2. The number of carbonyl (C=O) groups excluding carboxylic acids is 2. The van der Waals surface area contributed by atoms with E-state index in [9.17, 15) is 9.59 Å². The van der Waals surface area contributed by atoms with Crippen LogP contribution in [0.25, 0.3) is 10.9 Å². The molecule has 4 rings (SSSR count). The first kappa shape index (κ1) is 17.7. The van der Waals surface area contributed by atoms with Crippen LogP contribution in [0.1, 0.15) is 20.8 Å². The molecule has 0 saturated carbocycles. The molecule has 0 spiro atoms. The van der Waals surface area contributed by atoms with Crippen molar-refractivity contribution in [1.29, 1.82) is 0 Å². The monoisotopic (exact) mass is 391 g/mol. The summed E-state index contributed by atoms with van der Waals surface area (Å²) >= 11 is 5.81. The first-order valence-corrected chi connectivity index (χ1v) is 8.75. The Morgan fingerprint density at radius 2 is 1.68 bits per heavy atom. The number of H-pyrrole nitrogens is 1. The maximum Gasteiger partial charge on any atom is 0.274 e. The van der Waals surface area contributed by atoms with Gasteiger partial charge in [0.2, 0.25) is 0 Å². The van der Waals surface area contributed by atoms with Crippen LogP contribution in [0.15, 0.2) is 66.9 Å². The third kappa shape index (κ3) is 3.84. The van der Waals surface area contributed by atoms with Crippen molar-refractivity contribution >= 4 is 45.7 Å². The fraction of sp³-hybridized carbons (Fsp3) is 0. The number of pyridine rings is 1. The minimum atomic E-state index is -0.412. The van der Waals surface area contributed by atoms with Crippen molar-refractivity contribution in [2.24, 2.45) is 0 Å². The van der Waals surface area contributed by atoms with Crippen molar-refractivity contribution < 1.29 is 9.59 Å². The highest BCUT2D eigenvalue weighted by Gasteiger charge is 2.11. The number of rotatable bonds is 4. The summed E-state index contributed by atoms with van der Waals surface area (Å²) in [5.41, 5.74) is 2.61. The Morgan fingerprint density at radius 1 is 0.893 bits per heavy atom. The largest absolute Gasteiger partial charge is 0.322 e. The van der Waals surface area contributed by atoms with Crippen LogP contribution in [0, 0.1) is 0 Å². The second-order valence-electron chi connectivity index (χ2n) is 6.01. The molecule has 0 saturated heterocycles. The molecule has 0 aliphatic carbocycles. The van der Waals surface area contributed by atoms with E-state index in [-0.39, 0.29) is 16.8 Å². The molecule has 0 atom stereocenters. The van der Waals surface area contributed by atoms with E-state index in [1.54, 1.807) is 54.7 Å². The lowest BCUT2D eigenvalue weighted by Crippen LogP contribution is -2.15. The molecular formula is C20H14ClN5O2. The van der Waals surface area contributed by atoms with E-state index >= 15 is 0 Å². The number of hydrogen-bond acceptors (Lipinski definition) is 4. The first-order valence-electron chi connectivity index (χ1n) is 8.37. The number of anilines is 2. The van der Waals surface area contributed by atoms with Crippen LogP contribution in [-0.4, -0.2) is 27.0 Å². The van der Waals surface area contributed by atoms with Gasteiger partial charge in [-0.3, -0.25) is 14.7 Å². The van der Waals surface area contributed by atoms with Crippen molar-refractivity contribution in [2.45, 2.75) is 0 Å². The Bertz CT molecular complexity index is 1190. The molecule has 138 valence electrons. The molecule has 2 aromatic heterocycles. The summed E-state index contributed by atoms with van der Waals surface area (Å²) in [5.74, 6) is -0.703. The van der Waals surface area contributed by atoms with Crippen molar-refractivity contribution in [3.8, 4) is 0 Å². The van der Waals surface area contributed by atoms with Crippen molar-refractivity contribution in [3.63, 3.8) is 0 Å². The summed E-state index contributed by atoms with van der Waals surface area (Å²) in [6.45, 7) is 0. The molecule has 8 heteroatoms. The molecule has 0 aliphatic rings. The van der Waals surface area contributed by atoms with Gasteiger partial charge in [0.1, 0.15) is 10.8 Å². The van der Waals surface area contributed by atoms with Crippen molar-refractivity contribution in [1.82, 2.24) is 15.2 Å². The molecule has 0 fully saturated rings. The van der Waals surface area contributed by atoms with Gasteiger partial charge < -0.3 is 10.6 Å². The van der Waals surface area contributed by atoms with Crippen LogP contribution < -0.4 is 10.6 Å². The third-order valence-corrected chi connectivity index (χ3v) is 4.24. The van der Waals surface area contributed by atoms with Crippen LogP contribution in [0.4, 0.5) is 11.4 Å². The smallest absolute Gasteiger partial charge is 0.274 e. The maximum absolute atomic E-state index is 12.6. The fourth-order valence-corrected chi connectivity index (χ4v) is 2.86. The first-order chi connectivity index (χ1) is 13.6. The van der Waals surface area contributed by atoms with E-state index in [0.29, 0.717) is 16.9 Å². The highest BCUT2D eigenvalue weighted by molar-refractivity contribution is 6.29. The molecule has 2 amide bonds. The second kappa shape index (κ2) is 7.50. The van der Waals surface area contributed by atoms with Gasteiger partial charge in [-0.2, -0.15) is 5.10 Å². The number of halogens is 1. The lowest BCUT2D eigenvalue weighted by atomic mass is 10.1. The predicted octanol–water partition coefficient (Wildman–Crippen LogP) is 4.12. The van der Waals surface area contributed by atoms with Crippen LogP contribution in [0.2, 0.25) is 5.15 Å². The Kier molecular flexibility index (Phi) is 4.74. The van der Waals surface area contributed by atoms with Crippen molar-refractivity contribution in [2.75, 3.05) is 10.6 Å². The molecule has 2 heterocycles. The average molecular weight is 392 g/mol. The molecule has 3 N–H and O–H groups in total. The molecule has 0 unspecified atom stereocenters. The minimum Gasteiger partial charge on any atom is -0.322 e. The van der Waals surface area contributed by atoms with Gasteiger partial charge in [0, 0.05) is 22.3 Å². The van der Waals surface area contributed by atoms with Gasteiger partial charge in [0.05, 0.1) is 11.7 Å². The normalized spacial score (nSPS) is 10.6. The summed E-state index contributed by atoms with van der Waals surface area (Å²) in [5, 5.41) is 13.5. The SMILES string of the molecule is O=C(Nc1ccc2[nH]ncc2c1)c1cccc(NC(=O)c2cccc(Cl)n2)c1. The highest BCUT2D eigenvalue weighted by Crippen LogP contribution is 2.19. The van der Waals surface area contributed by atoms with Gasteiger partial charge in [0.15, 0.2) is 0 Å². The zero-order valence-corrected chi connectivity index (χ0v) is 15.2. The average Bonchev–Trinajstić information content (AvgIpc) is 3.16. The van der Waals surface area contributed by atoms with Crippen LogP contribution in [-0.2, 0) is 0 Å². The number of nitrogens with zero attached hydrogens (tertiary/aromatic N) is 2. The third-order valence-electron chi connectivity index (χ3n) is 4.03. The summed E-state index contributed by atoms with van der Waals surface area (Å²) in [7, 11) is 0. The maximum atomic E-state index is 12.6. The van der Waals surface area contributed by atoms with Gasteiger partial charge in [-0.05, 0) is 48.5 Å². The van der Waals surface area contributed by atoms with Crippen LogP contribution >= 0.6 is 11.6 Å². The number of aromatic amines is 1. The molecule has 4 aromatic rings. The van der Waals surface area contributed by atoms with E-state index in [2.05, 4.69) is 25.8 Å². The lowest BCUT2D eigenvalue weighted by Gasteiger charge is -2.08. The summed E-state index contributed by atoms with van der Waals surface area (Å²) in [6, 6.07) is 16.9. The van der Waals surface area contributed by atoms with E-state index in [1.807, 2.05) is 12.1 Å². The zero-order valence-electron chi connectivity index (χ0n) is 14.4. The van der Waals surface area contributed by atoms with E-state index in [4.69, 9.17) is 11.6 Å². The van der Waals surface area contributed by atoms with Gasteiger partial charge in [-0.1, -0.05) is 23.7 Å². The topological polar surface area (TPSA) is 99.8 Å². The summed E-state index contributed by atoms with van der Waals surface area (Å²) < 4.78 is 0. The Hall–Kier alpha value is -3.71. The van der Waals surface area contributed by atoms with Crippen LogP contribution in [0.3, 0.4) is 0 Å². The standard InChI is InChI=1S/C20H14ClN5O2/c21-18-6-2-5-17(25-18)20(28)24-14-4-1-3-12(9-14)19(27)23-15-7-8-16-13(10-15)11-22-26-16/h1-11H,(H,22,26)(H,23,27)(H,24,28). The van der Waals surface area contributed by atoms with Gasteiger partial charge in [0.25, 0.3) is 11.8 Å². The van der Waals surface area contributed by atoms with Gasteiger partial charge in [-0.15, -0.1) is 0 Å². The zero-order chi connectivity index (χ0) is 19.5. The molecule has 7 nitrogen and oxygen atoms in total. The molecule has 0 bridgehead atoms. The van der Waals surface area contributed by atoms with Crippen LogP contribution in [0.5, 0.6) is 0 Å². The van der Waals surface area contributed by atoms with E-state index in [0.717, 1.165) is 10.9 Å². The number of carbonyl (C=O) groups is 2. The Morgan fingerprint density at radius 3 is 2.54 bits per heavy atom. The molecule has 0 aliphatic heterocycles. The van der Waals surface area contributed by atoms with E-state index in [1.165, 1.54) is 0 Å². The highest BCUT2D eigenvalue weighted by atomic mass is 35.5. The van der Waals surface area contributed by atoms with E-state index < -0.39 is 5.91 Å². The molecule has 0 radical (unpaired) electrons. The van der Waals surface area contributed by atoms with Gasteiger partial charge >= 0.3 is 0 Å². The Balaban J connectivity index is 1.49. The minimum absolute atomic E-state index is 0.191. The predicted molar refractivity (Wildman–Crippen MR) is 108 cm³/mol. The molecular weight excluding hydrogens is 378 g/mol. The number of aromatic nitrogens is 3. The second-order valence-corrected chi connectivity index (χ2v) is 6.39. The van der Waals surface area contributed by atoms with Gasteiger partial charge in [-0.25, -0.2) is 4.98 Å². The quantitative estimate of drug-likeness (QED) is 0.455. The summed E-state index contributed by atoms with van der Waals surface area (Å²) in [6.07, 6.45) is 1.69. The number of hydrogen-bond donors (Lipinski definition) is 3. The van der Waals surface area contributed by atoms with Crippen molar-refractivity contribution in [3.05, 3.63) is 83.3 Å². The number of fused-ring (bicyclic) bond motifs is 1. The molecule has 2 aromatic carbocycles.